The van der Waals surface area contributed by atoms with Gasteiger partial charge in [0, 0.05) is 5.69 Å². The zero-order chi connectivity index (χ0) is 12.8. The van der Waals surface area contributed by atoms with Crippen molar-refractivity contribution in [2.75, 3.05) is 5.32 Å². The SMILES string of the molecule is CCC.CCCc1cc2c(cc1C)NC(=O)C2. The van der Waals surface area contributed by atoms with E-state index in [9.17, 15) is 4.79 Å². The molecule has 1 aromatic rings. The number of carbonyl (C=O) groups is 1. The van der Waals surface area contributed by atoms with Crippen LogP contribution in [0.3, 0.4) is 0 Å². The van der Waals surface area contributed by atoms with Gasteiger partial charge in [0.15, 0.2) is 0 Å². The highest BCUT2D eigenvalue weighted by Crippen LogP contribution is 2.27. The number of hydrogen-bond donors (Lipinski definition) is 1. The van der Waals surface area contributed by atoms with Crippen molar-refractivity contribution in [2.45, 2.75) is 53.4 Å². The number of fused-ring (bicyclic) bond motifs is 1. The van der Waals surface area contributed by atoms with E-state index in [1.165, 1.54) is 17.5 Å². The van der Waals surface area contributed by atoms with E-state index in [1.807, 2.05) is 0 Å². The van der Waals surface area contributed by atoms with Gasteiger partial charge in [0.1, 0.15) is 0 Å². The summed E-state index contributed by atoms with van der Waals surface area (Å²) in [5.74, 6) is 0.119. The van der Waals surface area contributed by atoms with Crippen molar-refractivity contribution in [2.24, 2.45) is 0 Å². The summed E-state index contributed by atoms with van der Waals surface area (Å²) in [6.07, 6.45) is 4.06. The standard InChI is InChI=1S/C12H15NO.C3H8/c1-3-4-9-6-10-7-12(14)13-11(10)5-8(9)2;1-3-2/h5-6H,3-4,7H2,1-2H3,(H,13,14);3H2,1-2H3. The lowest BCUT2D eigenvalue weighted by Crippen LogP contribution is -2.03. The van der Waals surface area contributed by atoms with E-state index in [0.29, 0.717) is 6.42 Å². The lowest BCUT2D eigenvalue weighted by atomic mass is 10.00. The van der Waals surface area contributed by atoms with Gasteiger partial charge >= 0.3 is 0 Å². The zero-order valence-corrected chi connectivity index (χ0v) is 11.4. The number of aryl methyl sites for hydroxylation is 2. The molecule has 2 heteroatoms. The maximum atomic E-state index is 11.2. The van der Waals surface area contributed by atoms with Crippen LogP contribution in [0.25, 0.3) is 0 Å². The van der Waals surface area contributed by atoms with Crippen LogP contribution in [0.15, 0.2) is 12.1 Å². The molecule has 17 heavy (non-hydrogen) atoms. The van der Waals surface area contributed by atoms with Gasteiger partial charge in [0.05, 0.1) is 6.42 Å². The van der Waals surface area contributed by atoms with Crippen LogP contribution >= 0.6 is 0 Å². The number of rotatable bonds is 2. The molecule has 0 fully saturated rings. The van der Waals surface area contributed by atoms with E-state index in [0.717, 1.165) is 24.1 Å². The molecule has 0 radical (unpaired) electrons. The monoisotopic (exact) mass is 233 g/mol. The van der Waals surface area contributed by atoms with Gasteiger partial charge in [-0.3, -0.25) is 4.79 Å². The third-order valence-electron chi connectivity index (χ3n) is 2.71. The van der Waals surface area contributed by atoms with Crippen LogP contribution in [0.4, 0.5) is 5.69 Å². The van der Waals surface area contributed by atoms with Gasteiger partial charge < -0.3 is 5.32 Å². The summed E-state index contributed by atoms with van der Waals surface area (Å²) in [5.41, 5.74) is 4.83. The first-order valence-corrected chi connectivity index (χ1v) is 6.54. The molecule has 1 aliphatic rings. The first-order valence-electron chi connectivity index (χ1n) is 6.54. The van der Waals surface area contributed by atoms with Gasteiger partial charge in [-0.05, 0) is 36.1 Å². The van der Waals surface area contributed by atoms with E-state index in [2.05, 4.69) is 45.1 Å². The summed E-state index contributed by atoms with van der Waals surface area (Å²) >= 11 is 0. The minimum absolute atomic E-state index is 0.119. The Morgan fingerprint density at radius 2 is 1.88 bits per heavy atom. The summed E-state index contributed by atoms with van der Waals surface area (Å²) in [6, 6.07) is 4.26. The second kappa shape index (κ2) is 6.43. The predicted octanol–water partition coefficient (Wildman–Crippen LogP) is 3.86. The van der Waals surface area contributed by atoms with Crippen LogP contribution in [0.1, 0.15) is 50.3 Å². The first kappa shape index (κ1) is 13.8. The largest absolute Gasteiger partial charge is 0.326 e. The number of nitrogens with one attached hydrogen (secondary N) is 1. The molecule has 0 aromatic heterocycles. The molecule has 0 saturated heterocycles. The Morgan fingerprint density at radius 3 is 2.47 bits per heavy atom. The van der Waals surface area contributed by atoms with Crippen molar-refractivity contribution in [1.29, 1.82) is 0 Å². The molecule has 2 rings (SSSR count). The maximum absolute atomic E-state index is 11.2. The van der Waals surface area contributed by atoms with Crippen LogP contribution < -0.4 is 5.32 Å². The molecule has 0 atom stereocenters. The second-order valence-corrected chi connectivity index (χ2v) is 4.62. The van der Waals surface area contributed by atoms with Crippen molar-refractivity contribution >= 4 is 11.6 Å². The van der Waals surface area contributed by atoms with Crippen molar-refractivity contribution in [1.82, 2.24) is 0 Å². The van der Waals surface area contributed by atoms with Crippen molar-refractivity contribution in [3.05, 3.63) is 28.8 Å². The van der Waals surface area contributed by atoms with Gasteiger partial charge in [-0.1, -0.05) is 39.7 Å². The summed E-state index contributed by atoms with van der Waals surface area (Å²) in [5, 5.41) is 2.87. The number of carbonyl (C=O) groups excluding carboxylic acids is 1. The van der Waals surface area contributed by atoms with Crippen LogP contribution in [0.5, 0.6) is 0 Å². The molecular weight excluding hydrogens is 210 g/mol. The van der Waals surface area contributed by atoms with Crippen LogP contribution in [0.2, 0.25) is 0 Å². The Hall–Kier alpha value is -1.31. The van der Waals surface area contributed by atoms with E-state index in [1.54, 1.807) is 0 Å². The molecule has 1 aliphatic heterocycles. The molecule has 0 bridgehead atoms. The Bertz CT molecular complexity index is 396. The Kier molecular flexibility index (Phi) is 5.20. The van der Waals surface area contributed by atoms with Crippen LogP contribution in [0, 0.1) is 6.92 Å². The third kappa shape index (κ3) is 3.58. The summed E-state index contributed by atoms with van der Waals surface area (Å²) in [4.78, 5) is 11.2. The summed E-state index contributed by atoms with van der Waals surface area (Å²) in [7, 11) is 0. The smallest absolute Gasteiger partial charge is 0.228 e. The van der Waals surface area contributed by atoms with Crippen LogP contribution in [-0.4, -0.2) is 5.91 Å². The molecule has 0 aliphatic carbocycles. The Labute approximate surface area is 104 Å². The number of amides is 1. The lowest BCUT2D eigenvalue weighted by molar-refractivity contribution is -0.115. The normalized spacial score (nSPS) is 12.6. The molecule has 1 heterocycles. The third-order valence-corrected chi connectivity index (χ3v) is 2.71. The molecule has 0 saturated carbocycles. The summed E-state index contributed by atoms with van der Waals surface area (Å²) < 4.78 is 0. The lowest BCUT2D eigenvalue weighted by Gasteiger charge is -2.07. The van der Waals surface area contributed by atoms with Gasteiger partial charge in [0.2, 0.25) is 5.91 Å². The molecule has 1 amide bonds. The Balaban J connectivity index is 0.000000437. The fourth-order valence-electron chi connectivity index (χ4n) is 1.97. The van der Waals surface area contributed by atoms with Gasteiger partial charge in [-0.15, -0.1) is 0 Å². The van der Waals surface area contributed by atoms with E-state index in [-0.39, 0.29) is 5.91 Å². The van der Waals surface area contributed by atoms with E-state index >= 15 is 0 Å². The zero-order valence-electron chi connectivity index (χ0n) is 11.4. The molecular formula is C15H23NO. The summed E-state index contributed by atoms with van der Waals surface area (Å²) in [6.45, 7) is 8.53. The van der Waals surface area contributed by atoms with Crippen molar-refractivity contribution in [3.8, 4) is 0 Å². The van der Waals surface area contributed by atoms with Crippen LogP contribution in [-0.2, 0) is 17.6 Å². The van der Waals surface area contributed by atoms with Crippen molar-refractivity contribution < 1.29 is 4.79 Å². The molecule has 1 N–H and O–H groups in total. The average molecular weight is 233 g/mol. The molecule has 1 aromatic carbocycles. The topological polar surface area (TPSA) is 29.1 Å². The molecule has 2 nitrogen and oxygen atoms in total. The fourth-order valence-corrected chi connectivity index (χ4v) is 1.97. The average Bonchev–Trinajstić information content (AvgIpc) is 2.59. The number of benzene rings is 1. The van der Waals surface area contributed by atoms with Crippen molar-refractivity contribution in [3.63, 3.8) is 0 Å². The number of anilines is 1. The maximum Gasteiger partial charge on any atom is 0.228 e. The minimum Gasteiger partial charge on any atom is -0.326 e. The number of hydrogen-bond acceptors (Lipinski definition) is 1. The highest BCUT2D eigenvalue weighted by molar-refractivity contribution is 5.99. The van der Waals surface area contributed by atoms with Gasteiger partial charge in [-0.2, -0.15) is 0 Å². The highest BCUT2D eigenvalue weighted by atomic mass is 16.1. The molecule has 94 valence electrons. The van der Waals surface area contributed by atoms with Gasteiger partial charge in [0.25, 0.3) is 0 Å². The van der Waals surface area contributed by atoms with E-state index < -0.39 is 0 Å². The predicted molar refractivity (Wildman–Crippen MR) is 73.5 cm³/mol. The molecule has 0 unspecified atom stereocenters. The fraction of sp³-hybridized carbons (Fsp3) is 0.533. The minimum atomic E-state index is 0.119. The Morgan fingerprint density at radius 1 is 1.24 bits per heavy atom. The van der Waals surface area contributed by atoms with Gasteiger partial charge in [-0.25, -0.2) is 0 Å². The molecule has 0 spiro atoms. The highest BCUT2D eigenvalue weighted by Gasteiger charge is 2.18. The second-order valence-electron chi connectivity index (χ2n) is 4.62. The van der Waals surface area contributed by atoms with E-state index in [4.69, 9.17) is 0 Å². The first-order chi connectivity index (χ1) is 8.12. The quantitative estimate of drug-likeness (QED) is 0.825.